The number of halogens is 1. The molecule has 0 saturated heterocycles. The van der Waals surface area contributed by atoms with E-state index in [2.05, 4.69) is 20.1 Å². The van der Waals surface area contributed by atoms with E-state index in [9.17, 15) is 4.79 Å². The van der Waals surface area contributed by atoms with Crippen molar-refractivity contribution in [2.45, 2.75) is 6.92 Å². The molecule has 0 amide bonds. The lowest BCUT2D eigenvalue weighted by atomic mass is 9.97. The second-order valence-electron chi connectivity index (χ2n) is 7.13. The SMILES string of the molecule is Cc1cncc(-n2ccc(=O)c(-c3ccncc3-c3ccnc4cc(Cl)ccc34)n2)c1. The van der Waals surface area contributed by atoms with Gasteiger partial charge in [-0.25, -0.2) is 4.68 Å². The van der Waals surface area contributed by atoms with Crippen LogP contribution in [0.25, 0.3) is 39.0 Å². The maximum absolute atomic E-state index is 12.8. The van der Waals surface area contributed by atoms with Gasteiger partial charge in [0, 0.05) is 58.6 Å². The third-order valence-electron chi connectivity index (χ3n) is 5.00. The van der Waals surface area contributed by atoms with Gasteiger partial charge in [0.2, 0.25) is 5.43 Å². The van der Waals surface area contributed by atoms with E-state index in [4.69, 9.17) is 11.6 Å². The van der Waals surface area contributed by atoms with Gasteiger partial charge < -0.3 is 0 Å². The smallest absolute Gasteiger partial charge is 0.208 e. The Labute approximate surface area is 182 Å². The molecule has 5 aromatic rings. The lowest BCUT2D eigenvalue weighted by Gasteiger charge is -2.12. The average molecular weight is 426 g/mol. The van der Waals surface area contributed by atoms with Gasteiger partial charge in [0.1, 0.15) is 5.69 Å². The molecular weight excluding hydrogens is 410 g/mol. The molecule has 0 unspecified atom stereocenters. The second-order valence-corrected chi connectivity index (χ2v) is 7.57. The summed E-state index contributed by atoms with van der Waals surface area (Å²) < 4.78 is 1.66. The number of aromatic nitrogens is 5. The van der Waals surface area contributed by atoms with Crippen LogP contribution >= 0.6 is 11.6 Å². The molecule has 4 heterocycles. The van der Waals surface area contributed by atoms with Crippen molar-refractivity contribution in [2.75, 3.05) is 0 Å². The summed E-state index contributed by atoms with van der Waals surface area (Å²) in [5, 5.41) is 6.16. The summed E-state index contributed by atoms with van der Waals surface area (Å²) in [6.45, 7) is 1.96. The molecule has 0 aliphatic rings. The van der Waals surface area contributed by atoms with Gasteiger partial charge in [-0.05, 0) is 48.4 Å². The van der Waals surface area contributed by atoms with E-state index < -0.39 is 0 Å². The Morgan fingerprint density at radius 2 is 1.74 bits per heavy atom. The largest absolute Gasteiger partial charge is 0.287 e. The fourth-order valence-corrected chi connectivity index (χ4v) is 3.74. The van der Waals surface area contributed by atoms with Crippen molar-refractivity contribution in [1.82, 2.24) is 24.7 Å². The Balaban J connectivity index is 1.73. The van der Waals surface area contributed by atoms with E-state index >= 15 is 0 Å². The van der Waals surface area contributed by atoms with Crippen molar-refractivity contribution in [3.8, 4) is 28.1 Å². The minimum atomic E-state index is -0.175. The first-order valence-electron chi connectivity index (χ1n) is 9.61. The summed E-state index contributed by atoms with van der Waals surface area (Å²) in [4.78, 5) is 25.8. The Morgan fingerprint density at radius 1 is 0.871 bits per heavy atom. The van der Waals surface area contributed by atoms with E-state index in [1.165, 1.54) is 6.07 Å². The molecule has 4 aromatic heterocycles. The number of fused-ring (bicyclic) bond motifs is 1. The summed E-state index contributed by atoms with van der Waals surface area (Å²) in [6.07, 6.45) is 10.3. The molecule has 31 heavy (non-hydrogen) atoms. The van der Waals surface area contributed by atoms with Crippen molar-refractivity contribution in [3.05, 3.63) is 100 Å². The zero-order chi connectivity index (χ0) is 21.4. The number of pyridine rings is 3. The summed E-state index contributed by atoms with van der Waals surface area (Å²) in [6, 6.07) is 12.7. The topological polar surface area (TPSA) is 73.6 Å². The number of hydrogen-bond donors (Lipinski definition) is 0. The lowest BCUT2D eigenvalue weighted by Crippen LogP contribution is -2.13. The van der Waals surface area contributed by atoms with Crippen LogP contribution in [-0.2, 0) is 0 Å². The highest BCUT2D eigenvalue weighted by Crippen LogP contribution is 2.34. The Bertz CT molecular complexity index is 1500. The van der Waals surface area contributed by atoms with Crippen molar-refractivity contribution in [1.29, 1.82) is 0 Å². The predicted octanol–water partition coefficient (Wildman–Crippen LogP) is 4.87. The average Bonchev–Trinajstić information content (AvgIpc) is 2.79. The van der Waals surface area contributed by atoms with Crippen LogP contribution in [0.5, 0.6) is 0 Å². The van der Waals surface area contributed by atoms with Crippen LogP contribution in [0.2, 0.25) is 5.02 Å². The molecule has 0 radical (unpaired) electrons. The molecular formula is C24H16ClN5O. The molecule has 0 N–H and O–H groups in total. The predicted molar refractivity (Wildman–Crippen MR) is 121 cm³/mol. The first-order valence-corrected chi connectivity index (χ1v) is 9.99. The zero-order valence-electron chi connectivity index (χ0n) is 16.5. The molecule has 0 atom stereocenters. The van der Waals surface area contributed by atoms with Crippen LogP contribution in [-0.4, -0.2) is 24.7 Å². The van der Waals surface area contributed by atoms with Gasteiger partial charge in [-0.2, -0.15) is 5.10 Å². The quantitative estimate of drug-likeness (QED) is 0.412. The van der Waals surface area contributed by atoms with Gasteiger partial charge in [-0.3, -0.25) is 19.7 Å². The minimum absolute atomic E-state index is 0.175. The third-order valence-corrected chi connectivity index (χ3v) is 5.24. The maximum atomic E-state index is 12.8. The zero-order valence-corrected chi connectivity index (χ0v) is 17.3. The molecule has 6 nitrogen and oxygen atoms in total. The highest BCUT2D eigenvalue weighted by Gasteiger charge is 2.15. The minimum Gasteiger partial charge on any atom is -0.287 e. The monoisotopic (exact) mass is 425 g/mol. The van der Waals surface area contributed by atoms with Crippen molar-refractivity contribution in [3.63, 3.8) is 0 Å². The van der Waals surface area contributed by atoms with Crippen molar-refractivity contribution >= 4 is 22.5 Å². The normalized spacial score (nSPS) is 11.0. The third kappa shape index (κ3) is 3.58. The summed E-state index contributed by atoms with van der Waals surface area (Å²) in [5.41, 5.74) is 5.10. The first kappa shape index (κ1) is 19.1. The molecule has 5 rings (SSSR count). The lowest BCUT2D eigenvalue weighted by molar-refractivity contribution is 0.836. The van der Waals surface area contributed by atoms with Crippen LogP contribution in [0.4, 0.5) is 0 Å². The number of hydrogen-bond acceptors (Lipinski definition) is 5. The highest BCUT2D eigenvalue weighted by atomic mass is 35.5. The molecule has 0 fully saturated rings. The van der Waals surface area contributed by atoms with Crippen LogP contribution in [0.15, 0.2) is 84.4 Å². The van der Waals surface area contributed by atoms with E-state index in [1.807, 2.05) is 37.3 Å². The number of rotatable bonds is 3. The Morgan fingerprint density at radius 3 is 2.61 bits per heavy atom. The number of benzene rings is 1. The standard InChI is InChI=1S/C24H16ClN5O/c1-15-10-17(13-27-12-15)30-9-6-23(31)24(29-30)20-4-7-26-14-21(20)18-5-8-28-22-11-16(25)2-3-19(18)22/h2-14H,1H3. The first-order chi connectivity index (χ1) is 15.1. The second kappa shape index (κ2) is 7.74. The van der Waals surface area contributed by atoms with E-state index in [-0.39, 0.29) is 5.43 Å². The van der Waals surface area contributed by atoms with E-state index in [0.717, 1.165) is 33.3 Å². The van der Waals surface area contributed by atoms with Gasteiger partial charge in [0.15, 0.2) is 0 Å². The van der Waals surface area contributed by atoms with E-state index in [1.54, 1.807) is 47.9 Å². The van der Waals surface area contributed by atoms with Crippen LogP contribution in [0, 0.1) is 6.92 Å². The Kier molecular flexibility index (Phi) is 4.76. The van der Waals surface area contributed by atoms with Gasteiger partial charge in [0.05, 0.1) is 17.4 Å². The summed E-state index contributed by atoms with van der Waals surface area (Å²) in [5.74, 6) is 0. The molecule has 150 valence electrons. The molecule has 0 saturated carbocycles. The van der Waals surface area contributed by atoms with Gasteiger partial charge in [-0.1, -0.05) is 17.7 Å². The molecule has 0 aliphatic heterocycles. The van der Waals surface area contributed by atoms with Gasteiger partial charge >= 0.3 is 0 Å². The van der Waals surface area contributed by atoms with Crippen LogP contribution < -0.4 is 5.43 Å². The fourth-order valence-electron chi connectivity index (χ4n) is 3.57. The van der Waals surface area contributed by atoms with E-state index in [0.29, 0.717) is 16.3 Å². The fraction of sp³-hybridized carbons (Fsp3) is 0.0417. The number of aryl methyl sites for hydroxylation is 1. The number of nitrogens with zero attached hydrogens (tertiary/aromatic N) is 5. The van der Waals surface area contributed by atoms with Gasteiger partial charge in [0.25, 0.3) is 0 Å². The van der Waals surface area contributed by atoms with Crippen molar-refractivity contribution < 1.29 is 0 Å². The highest BCUT2D eigenvalue weighted by molar-refractivity contribution is 6.31. The van der Waals surface area contributed by atoms with Crippen LogP contribution in [0.1, 0.15) is 5.56 Å². The molecule has 0 spiro atoms. The molecule has 7 heteroatoms. The molecule has 0 aliphatic carbocycles. The molecule has 0 bridgehead atoms. The summed E-state index contributed by atoms with van der Waals surface area (Å²) in [7, 11) is 0. The maximum Gasteiger partial charge on any atom is 0.208 e. The molecule has 1 aromatic carbocycles. The van der Waals surface area contributed by atoms with Crippen molar-refractivity contribution in [2.24, 2.45) is 0 Å². The van der Waals surface area contributed by atoms with Crippen LogP contribution in [0.3, 0.4) is 0 Å². The van der Waals surface area contributed by atoms with Gasteiger partial charge in [-0.15, -0.1) is 0 Å². The summed E-state index contributed by atoms with van der Waals surface area (Å²) >= 11 is 6.14. The Hall–Kier alpha value is -3.90.